The van der Waals surface area contributed by atoms with E-state index in [1.807, 2.05) is 37.4 Å². The van der Waals surface area contributed by atoms with E-state index in [0.717, 1.165) is 16.5 Å². The van der Waals surface area contributed by atoms with E-state index in [4.69, 9.17) is 11.6 Å². The number of aromatic amines is 1. The fourth-order valence-corrected chi connectivity index (χ4v) is 3.40. The van der Waals surface area contributed by atoms with Crippen molar-refractivity contribution in [2.45, 2.75) is 13.0 Å². The number of pyridine rings is 1. The number of hydrogen-bond acceptors (Lipinski definition) is 3. The summed E-state index contributed by atoms with van der Waals surface area (Å²) in [5, 5.41) is 9.97. The van der Waals surface area contributed by atoms with Gasteiger partial charge in [-0.3, -0.25) is 4.79 Å². The summed E-state index contributed by atoms with van der Waals surface area (Å²) in [6.45, 7) is 1.91. The van der Waals surface area contributed by atoms with Crippen LogP contribution in [0.4, 0.5) is 16.3 Å². The Bertz CT molecular complexity index is 1240. The van der Waals surface area contributed by atoms with E-state index in [9.17, 15) is 9.59 Å². The highest BCUT2D eigenvalue weighted by Crippen LogP contribution is 2.23. The molecule has 1 unspecified atom stereocenters. The quantitative estimate of drug-likeness (QED) is 0.341. The number of amides is 3. The molecule has 4 N–H and O–H groups in total. The van der Waals surface area contributed by atoms with Crippen molar-refractivity contribution in [3.05, 3.63) is 89.2 Å². The smallest absolute Gasteiger partial charge is 0.319 e. The summed E-state index contributed by atoms with van der Waals surface area (Å²) in [5.74, 6) is 0.0449. The Kier molecular flexibility index (Phi) is 5.86. The predicted octanol–water partition coefficient (Wildman–Crippen LogP) is 5.35. The van der Waals surface area contributed by atoms with Gasteiger partial charge < -0.3 is 20.9 Å². The number of anilines is 2. The third-order valence-electron chi connectivity index (χ3n) is 4.79. The molecule has 0 aliphatic carbocycles. The molecule has 3 amide bonds. The van der Waals surface area contributed by atoms with Crippen LogP contribution in [0.5, 0.6) is 0 Å². The number of para-hydroxylation sites is 1. The molecular weight excluding hydrogens is 414 g/mol. The first-order valence-corrected chi connectivity index (χ1v) is 10.0. The first kappa shape index (κ1) is 20.4. The van der Waals surface area contributed by atoms with Crippen LogP contribution in [-0.2, 0) is 0 Å². The molecule has 31 heavy (non-hydrogen) atoms. The van der Waals surface area contributed by atoms with Crippen molar-refractivity contribution in [1.29, 1.82) is 0 Å². The summed E-state index contributed by atoms with van der Waals surface area (Å²) in [6.07, 6.45) is 3.32. The number of benzene rings is 2. The van der Waals surface area contributed by atoms with Gasteiger partial charge in [0.2, 0.25) is 0 Å². The Morgan fingerprint density at radius 3 is 2.68 bits per heavy atom. The first-order chi connectivity index (χ1) is 15.0. The Balaban J connectivity index is 1.41. The van der Waals surface area contributed by atoms with E-state index in [-0.39, 0.29) is 18.0 Å². The molecule has 0 radical (unpaired) electrons. The molecule has 8 heteroatoms. The molecule has 1 atom stereocenters. The normalized spacial score (nSPS) is 11.7. The van der Waals surface area contributed by atoms with Crippen LogP contribution in [0.2, 0.25) is 5.02 Å². The number of carbonyl (C=O) groups is 2. The van der Waals surface area contributed by atoms with Gasteiger partial charge in [0.25, 0.3) is 5.91 Å². The molecule has 0 saturated carbocycles. The van der Waals surface area contributed by atoms with E-state index in [0.29, 0.717) is 22.1 Å². The number of H-pyrrole nitrogens is 1. The second-order valence-electron chi connectivity index (χ2n) is 7.01. The van der Waals surface area contributed by atoms with Gasteiger partial charge in [0.15, 0.2) is 0 Å². The molecule has 0 fully saturated rings. The SMILES string of the molecule is CC(NC(=O)Nc1cccc(C(=O)Nc2ccc(Cl)cn2)c1)c1cccc2cc[nH]c12. The van der Waals surface area contributed by atoms with Gasteiger partial charge in [-0.1, -0.05) is 35.9 Å². The average Bonchev–Trinajstić information content (AvgIpc) is 3.24. The van der Waals surface area contributed by atoms with E-state index in [1.165, 1.54) is 6.20 Å². The van der Waals surface area contributed by atoms with Crippen molar-refractivity contribution in [2.24, 2.45) is 0 Å². The second-order valence-corrected chi connectivity index (χ2v) is 7.44. The third kappa shape index (κ3) is 4.84. The van der Waals surface area contributed by atoms with Crippen molar-refractivity contribution < 1.29 is 9.59 Å². The minimum absolute atomic E-state index is 0.218. The van der Waals surface area contributed by atoms with Gasteiger partial charge in [0, 0.05) is 23.6 Å². The highest BCUT2D eigenvalue weighted by atomic mass is 35.5. The lowest BCUT2D eigenvalue weighted by atomic mass is 10.1. The first-order valence-electron chi connectivity index (χ1n) is 9.66. The highest BCUT2D eigenvalue weighted by Gasteiger charge is 2.14. The number of nitrogens with zero attached hydrogens (tertiary/aromatic N) is 1. The van der Waals surface area contributed by atoms with Gasteiger partial charge in [-0.05, 0) is 54.3 Å². The topological polar surface area (TPSA) is 98.9 Å². The molecule has 0 aliphatic heterocycles. The fraction of sp³-hybridized carbons (Fsp3) is 0.0870. The Morgan fingerprint density at radius 1 is 1.03 bits per heavy atom. The number of fused-ring (bicyclic) bond motifs is 1. The Labute approximate surface area is 183 Å². The number of nitrogens with one attached hydrogen (secondary N) is 4. The van der Waals surface area contributed by atoms with Crippen LogP contribution in [0.1, 0.15) is 28.9 Å². The maximum absolute atomic E-state index is 12.5. The van der Waals surface area contributed by atoms with Gasteiger partial charge >= 0.3 is 6.03 Å². The van der Waals surface area contributed by atoms with Crippen LogP contribution < -0.4 is 16.0 Å². The molecule has 0 bridgehead atoms. The monoisotopic (exact) mass is 433 g/mol. The number of urea groups is 1. The molecule has 7 nitrogen and oxygen atoms in total. The molecule has 4 aromatic rings. The van der Waals surface area contributed by atoms with Crippen molar-refractivity contribution in [3.63, 3.8) is 0 Å². The molecule has 2 heterocycles. The molecule has 0 aliphatic rings. The lowest BCUT2D eigenvalue weighted by Crippen LogP contribution is -2.31. The van der Waals surface area contributed by atoms with Crippen LogP contribution in [0.3, 0.4) is 0 Å². The van der Waals surface area contributed by atoms with Crippen LogP contribution in [0.25, 0.3) is 10.9 Å². The molecule has 156 valence electrons. The maximum atomic E-state index is 12.5. The Morgan fingerprint density at radius 2 is 1.87 bits per heavy atom. The molecule has 2 aromatic carbocycles. The van der Waals surface area contributed by atoms with E-state index < -0.39 is 0 Å². The van der Waals surface area contributed by atoms with Gasteiger partial charge in [0.05, 0.1) is 16.6 Å². The van der Waals surface area contributed by atoms with Crippen molar-refractivity contribution in [2.75, 3.05) is 10.6 Å². The second kappa shape index (κ2) is 8.89. The van der Waals surface area contributed by atoms with Crippen LogP contribution in [0, 0.1) is 0 Å². The summed E-state index contributed by atoms with van der Waals surface area (Å²) in [5.41, 5.74) is 2.87. The third-order valence-corrected chi connectivity index (χ3v) is 5.01. The van der Waals surface area contributed by atoms with E-state index in [1.54, 1.807) is 36.4 Å². The van der Waals surface area contributed by atoms with Crippen LogP contribution >= 0.6 is 11.6 Å². The summed E-state index contributed by atoms with van der Waals surface area (Å²) < 4.78 is 0. The van der Waals surface area contributed by atoms with Gasteiger partial charge in [-0.15, -0.1) is 0 Å². The minimum atomic E-state index is -0.368. The van der Waals surface area contributed by atoms with Crippen molar-refractivity contribution >= 4 is 45.9 Å². The zero-order chi connectivity index (χ0) is 21.8. The van der Waals surface area contributed by atoms with Crippen LogP contribution in [0.15, 0.2) is 73.1 Å². The zero-order valence-electron chi connectivity index (χ0n) is 16.6. The lowest BCUT2D eigenvalue weighted by molar-refractivity contribution is 0.102. The number of carbonyl (C=O) groups excluding carboxylic acids is 2. The summed E-state index contributed by atoms with van der Waals surface area (Å²) >= 11 is 5.81. The lowest BCUT2D eigenvalue weighted by Gasteiger charge is -2.16. The van der Waals surface area contributed by atoms with Gasteiger partial charge in [-0.25, -0.2) is 9.78 Å². The molecular formula is C23H20ClN5O2. The van der Waals surface area contributed by atoms with Gasteiger partial charge in [0.1, 0.15) is 5.82 Å². The average molecular weight is 434 g/mol. The highest BCUT2D eigenvalue weighted by molar-refractivity contribution is 6.30. The maximum Gasteiger partial charge on any atom is 0.319 e. The summed E-state index contributed by atoms with van der Waals surface area (Å²) in [4.78, 5) is 32.3. The number of hydrogen-bond donors (Lipinski definition) is 4. The molecule has 4 rings (SSSR count). The summed E-state index contributed by atoms with van der Waals surface area (Å²) in [6, 6.07) is 17.3. The van der Waals surface area contributed by atoms with E-state index >= 15 is 0 Å². The predicted molar refractivity (Wildman–Crippen MR) is 123 cm³/mol. The fourth-order valence-electron chi connectivity index (χ4n) is 3.29. The molecule has 2 aromatic heterocycles. The Hall–Kier alpha value is -3.84. The van der Waals surface area contributed by atoms with Crippen LogP contribution in [-0.4, -0.2) is 21.9 Å². The number of rotatable bonds is 5. The minimum Gasteiger partial charge on any atom is -0.361 e. The number of halogens is 1. The van der Waals surface area contributed by atoms with E-state index in [2.05, 4.69) is 25.9 Å². The summed E-state index contributed by atoms with van der Waals surface area (Å²) in [7, 11) is 0. The van der Waals surface area contributed by atoms with Crippen molar-refractivity contribution in [1.82, 2.24) is 15.3 Å². The van der Waals surface area contributed by atoms with Crippen molar-refractivity contribution in [3.8, 4) is 0 Å². The standard InChI is InChI=1S/C23H20ClN5O2/c1-14(19-7-3-4-15-10-11-25-21(15)19)27-23(31)28-18-6-2-5-16(12-18)22(30)29-20-9-8-17(24)13-26-20/h2-14,25H,1H3,(H,26,29,30)(H2,27,28,31). The largest absolute Gasteiger partial charge is 0.361 e. The molecule has 0 saturated heterocycles. The molecule has 0 spiro atoms. The van der Waals surface area contributed by atoms with Gasteiger partial charge in [-0.2, -0.15) is 0 Å². The zero-order valence-corrected chi connectivity index (χ0v) is 17.4. The number of aromatic nitrogens is 2.